The monoisotopic (exact) mass is 684 g/mol. The van der Waals surface area contributed by atoms with E-state index in [0.717, 1.165) is 0 Å². The van der Waals surface area contributed by atoms with Crippen LogP contribution in [0.15, 0.2) is 0 Å². The average molecular weight is 685 g/mol. The lowest BCUT2D eigenvalue weighted by Gasteiger charge is -2.17. The highest BCUT2D eigenvalue weighted by Crippen LogP contribution is 2.42. The minimum Gasteiger partial charge on any atom is -0.452 e. The van der Waals surface area contributed by atoms with Gasteiger partial charge in [-0.1, -0.05) is 11.8 Å². The van der Waals surface area contributed by atoms with Crippen LogP contribution in [-0.2, 0) is 32.7 Å². The molecule has 0 aliphatic carbocycles. The van der Waals surface area contributed by atoms with Crippen LogP contribution in [0.4, 0.5) is 0 Å². The first-order chi connectivity index (χ1) is 24.8. The summed E-state index contributed by atoms with van der Waals surface area (Å²) in [5.41, 5.74) is 3.47. The molecule has 2 atom stereocenters. The lowest BCUT2D eigenvalue weighted by molar-refractivity contribution is -0.371. The molecule has 0 fully saturated rings. The molecule has 9 nitrogen and oxygen atoms in total. The first kappa shape index (κ1) is 43.0. The minimum absolute atomic E-state index is 0.179. The van der Waals surface area contributed by atoms with Crippen LogP contribution in [0.2, 0.25) is 0 Å². The fourth-order valence-electron chi connectivity index (χ4n) is 1.94. The molecule has 4 N–H and O–H groups in total. The Kier molecular flexibility index (Phi) is 26.9. The van der Waals surface area contributed by atoms with Gasteiger partial charge in [-0.05, 0) is 180 Å². The molecule has 0 aliphatic heterocycles. The molecule has 0 aromatic rings. The molecular weight excluding hydrogens is 665 g/mol. The third-order valence-corrected chi connectivity index (χ3v) is 4.68. The quantitative estimate of drug-likeness (QED) is 0.136. The van der Waals surface area contributed by atoms with Crippen molar-refractivity contribution in [3.63, 3.8) is 0 Å². The Morgan fingerprint density at radius 2 is 0.863 bits per heavy atom. The number of carbonyl (C=O) groups is 2. The number of quaternary nitrogens is 1. The van der Waals surface area contributed by atoms with E-state index in [1.54, 1.807) is 13.8 Å². The Bertz CT molecular complexity index is 2450. The number of rotatable bonds is 9. The molecule has 0 rings (SSSR count). The maximum atomic E-state index is 12.1. The molecule has 0 saturated heterocycles. The van der Waals surface area contributed by atoms with Crippen LogP contribution in [0.1, 0.15) is 13.8 Å². The van der Waals surface area contributed by atoms with Gasteiger partial charge in [0.2, 0.25) is 0 Å². The normalized spacial score (nSPS) is 8.24. The topological polar surface area (TPSA) is 136 Å². The zero-order chi connectivity index (χ0) is 37.5. The van der Waals surface area contributed by atoms with Gasteiger partial charge in [-0.3, -0.25) is 9.05 Å². The molecule has 0 heterocycles. The second kappa shape index (κ2) is 31.9. The zero-order valence-electron chi connectivity index (χ0n) is 26.9. The van der Waals surface area contributed by atoms with Crippen LogP contribution in [0.3, 0.4) is 0 Å². The predicted octanol–water partition coefficient (Wildman–Crippen LogP) is -1.09. The van der Waals surface area contributed by atoms with Crippen molar-refractivity contribution in [2.24, 2.45) is 0 Å². The molecule has 0 bridgehead atoms. The van der Waals surface area contributed by atoms with Crippen molar-refractivity contribution in [1.82, 2.24) is 0 Å². The molecule has 2 unspecified atom stereocenters. The molecule has 240 valence electrons. The molecule has 0 amide bonds. The van der Waals surface area contributed by atoms with Gasteiger partial charge in [-0.15, -0.1) is 0 Å². The van der Waals surface area contributed by atoms with Crippen LogP contribution in [0.25, 0.3) is 0 Å². The lowest BCUT2D eigenvalue weighted by Crippen LogP contribution is -2.52. The fraction of sp³-hybridized carbons (Fsp3) is 0.171. The van der Waals surface area contributed by atoms with Crippen molar-refractivity contribution in [1.29, 1.82) is 0 Å². The summed E-state index contributed by atoms with van der Waals surface area (Å²) in [5, 5.41) is 0. The number of hydrogen-bond acceptors (Lipinski definition) is 7. The maximum Gasteiger partial charge on any atom is 0.472 e. The number of phosphoric ester groups is 1. The molecular formula is C41H19NO8P+. The van der Waals surface area contributed by atoms with Crippen LogP contribution < -0.4 is 5.73 Å². The molecule has 10 heteroatoms. The molecule has 0 aliphatic rings. The van der Waals surface area contributed by atoms with E-state index in [1.807, 2.05) is 0 Å². The minimum atomic E-state index is -4.53. The van der Waals surface area contributed by atoms with E-state index in [9.17, 15) is 19.0 Å². The van der Waals surface area contributed by atoms with Crippen molar-refractivity contribution in [3.8, 4) is 189 Å². The Labute approximate surface area is 298 Å². The first-order valence-electron chi connectivity index (χ1n) is 13.5. The first-order valence-corrected chi connectivity index (χ1v) is 15.0. The van der Waals surface area contributed by atoms with E-state index < -0.39 is 39.1 Å². The van der Waals surface area contributed by atoms with Crippen LogP contribution in [0, 0.1) is 189 Å². The van der Waals surface area contributed by atoms with Crippen LogP contribution >= 0.6 is 7.82 Å². The highest BCUT2D eigenvalue weighted by molar-refractivity contribution is 7.47. The summed E-state index contributed by atoms with van der Waals surface area (Å²) in [6.07, 6.45) is -1.39. The summed E-state index contributed by atoms with van der Waals surface area (Å²) in [6, 6.07) is 0. The smallest absolute Gasteiger partial charge is 0.452 e. The van der Waals surface area contributed by atoms with Crippen molar-refractivity contribution < 1.29 is 43.3 Å². The second-order valence-electron chi connectivity index (χ2n) is 7.33. The molecule has 0 radical (unpaired) electrons. The van der Waals surface area contributed by atoms with Gasteiger partial charge in [0.15, 0.2) is 6.10 Å². The zero-order valence-corrected chi connectivity index (χ0v) is 27.8. The number of esters is 2. The third kappa shape index (κ3) is 31.7. The van der Waals surface area contributed by atoms with Crippen molar-refractivity contribution in [2.75, 3.05) is 26.4 Å². The summed E-state index contributed by atoms with van der Waals surface area (Å²) in [5.74, 6) is 74.7. The summed E-state index contributed by atoms with van der Waals surface area (Å²) in [7, 11) is -4.53. The van der Waals surface area contributed by atoms with Gasteiger partial charge < -0.3 is 20.1 Å². The van der Waals surface area contributed by atoms with E-state index in [4.69, 9.17) is 14.0 Å². The Balaban J connectivity index is 5.26. The fourth-order valence-corrected chi connectivity index (χ4v) is 2.72. The van der Waals surface area contributed by atoms with E-state index in [1.165, 1.54) is 0 Å². The standard InChI is InChI=1S/C41H18NO8P/c1-3-5-7-9-11-13-15-17-19-21-23-25-27-29-31-33-40(43)47-37-39(38-49-51(45,46)48-36-35-42)50-41(44)34-32-30-28-26-24-22-20-18-16-14-12-10-8-6-4-2/h39H,35-38,42H2,1-2H3,(H,45,46)/p+1. The van der Waals surface area contributed by atoms with E-state index in [0.29, 0.717) is 0 Å². The largest absolute Gasteiger partial charge is 0.472 e. The highest BCUT2D eigenvalue weighted by Gasteiger charge is 2.25. The van der Waals surface area contributed by atoms with E-state index in [2.05, 4.69) is 200 Å². The lowest BCUT2D eigenvalue weighted by atomic mass is 10.4. The van der Waals surface area contributed by atoms with Gasteiger partial charge in [-0.2, -0.15) is 0 Å². The summed E-state index contributed by atoms with van der Waals surface area (Å²) in [6.45, 7) is 1.98. The van der Waals surface area contributed by atoms with Crippen molar-refractivity contribution in [2.45, 2.75) is 20.0 Å². The van der Waals surface area contributed by atoms with E-state index >= 15 is 0 Å². The maximum absolute atomic E-state index is 12.1. The number of carbonyl (C=O) groups excluding carboxylic acids is 2. The van der Waals surface area contributed by atoms with Crippen molar-refractivity contribution in [3.05, 3.63) is 0 Å². The van der Waals surface area contributed by atoms with Crippen molar-refractivity contribution >= 4 is 19.8 Å². The number of ether oxygens (including phenoxy) is 2. The SMILES string of the molecule is CC#CC#CC#CC#CC#CC#CC#CC#CC(=O)OCC(COP(=O)(O)OCC[NH3+])OC(=O)C#CC#CC#CC#CC#CC#CC#CC#CC. The Morgan fingerprint density at radius 3 is 1.22 bits per heavy atom. The number of phosphoric acid groups is 1. The van der Waals surface area contributed by atoms with Gasteiger partial charge >= 0.3 is 19.8 Å². The third-order valence-electron chi connectivity index (χ3n) is 3.70. The van der Waals surface area contributed by atoms with Gasteiger partial charge in [0.25, 0.3) is 0 Å². The van der Waals surface area contributed by atoms with Crippen LogP contribution in [-0.4, -0.2) is 49.3 Å². The van der Waals surface area contributed by atoms with E-state index in [-0.39, 0.29) is 13.2 Å². The molecule has 0 aromatic heterocycles. The highest BCUT2D eigenvalue weighted by atomic mass is 31.2. The van der Waals surface area contributed by atoms with Gasteiger partial charge in [-0.25, -0.2) is 14.2 Å². The average Bonchev–Trinajstić information content (AvgIpc) is 3.11. The predicted molar refractivity (Wildman–Crippen MR) is 186 cm³/mol. The van der Waals surface area contributed by atoms with Gasteiger partial charge in [0, 0.05) is 11.8 Å². The Morgan fingerprint density at radius 1 is 0.529 bits per heavy atom. The molecule has 0 spiro atoms. The second-order valence-corrected chi connectivity index (χ2v) is 8.78. The number of hydrogen-bond donors (Lipinski definition) is 2. The summed E-state index contributed by atoms with van der Waals surface area (Å²) < 4.78 is 31.4. The molecule has 0 aromatic carbocycles. The Hall–Kier alpha value is -8.03. The summed E-state index contributed by atoms with van der Waals surface area (Å²) in [4.78, 5) is 33.8. The molecule has 51 heavy (non-hydrogen) atoms. The van der Waals surface area contributed by atoms with Crippen LogP contribution in [0.5, 0.6) is 0 Å². The van der Waals surface area contributed by atoms with Gasteiger partial charge in [0.05, 0.1) is 13.2 Å². The van der Waals surface area contributed by atoms with Gasteiger partial charge in [0.1, 0.15) is 13.2 Å². The summed E-state index contributed by atoms with van der Waals surface area (Å²) >= 11 is 0. The molecule has 0 saturated carbocycles.